The first-order valence-electron chi connectivity index (χ1n) is 7.50. The third-order valence-electron chi connectivity index (χ3n) is 3.92. The number of nitrogens with zero attached hydrogens (tertiary/aromatic N) is 1. The van der Waals surface area contributed by atoms with Crippen molar-refractivity contribution in [2.75, 3.05) is 12.8 Å². The third kappa shape index (κ3) is 2.93. The number of carbonyl (C=O) groups excluding carboxylic acids is 1. The zero-order valence-corrected chi connectivity index (χ0v) is 13.5. The number of halogens is 1. The maximum absolute atomic E-state index is 13.0. The number of nitrogens with two attached hydrogens (primary N) is 1. The van der Waals surface area contributed by atoms with Crippen molar-refractivity contribution < 1.29 is 13.9 Å². The van der Waals surface area contributed by atoms with Gasteiger partial charge in [0.25, 0.3) is 0 Å². The number of carbonyl (C=O) groups is 1. The van der Waals surface area contributed by atoms with E-state index in [1.807, 2.05) is 6.07 Å². The maximum atomic E-state index is 13.0. The number of methoxy groups -OCH3 is 1. The molecule has 0 amide bonds. The van der Waals surface area contributed by atoms with Crippen LogP contribution in [0.5, 0.6) is 5.75 Å². The lowest BCUT2D eigenvalue weighted by Gasteiger charge is -2.12. The van der Waals surface area contributed by atoms with Gasteiger partial charge in [-0.3, -0.25) is 9.78 Å². The largest absolute Gasteiger partial charge is 0.494 e. The Morgan fingerprint density at radius 1 is 1.21 bits per heavy atom. The number of nitrogen functional groups attached to an aromatic ring is 1. The minimum atomic E-state index is -0.263. The SMILES string of the molecule is COc1c(C(C)=O)cc(N)c2cc(Cc3ccc(F)cc3)cnc12. The van der Waals surface area contributed by atoms with Crippen LogP contribution in [-0.4, -0.2) is 17.9 Å². The van der Waals surface area contributed by atoms with Gasteiger partial charge in [-0.25, -0.2) is 4.39 Å². The van der Waals surface area contributed by atoms with Gasteiger partial charge in [-0.05, 0) is 48.7 Å². The first-order valence-corrected chi connectivity index (χ1v) is 7.50. The van der Waals surface area contributed by atoms with Crippen LogP contribution in [0.2, 0.25) is 0 Å². The van der Waals surface area contributed by atoms with Gasteiger partial charge in [0.15, 0.2) is 11.5 Å². The Bertz CT molecular complexity index is 921. The monoisotopic (exact) mass is 324 g/mol. The first-order chi connectivity index (χ1) is 11.5. The Morgan fingerprint density at radius 2 is 1.92 bits per heavy atom. The average molecular weight is 324 g/mol. The van der Waals surface area contributed by atoms with Gasteiger partial charge >= 0.3 is 0 Å². The summed E-state index contributed by atoms with van der Waals surface area (Å²) in [6.45, 7) is 1.46. The van der Waals surface area contributed by atoms with E-state index in [1.165, 1.54) is 26.2 Å². The van der Waals surface area contributed by atoms with Crippen molar-refractivity contribution in [1.82, 2.24) is 4.98 Å². The molecule has 2 N–H and O–H groups in total. The minimum Gasteiger partial charge on any atom is -0.494 e. The first kappa shape index (κ1) is 15.9. The summed E-state index contributed by atoms with van der Waals surface area (Å²) in [5.74, 6) is 0.0406. The molecule has 0 atom stereocenters. The second-order valence-corrected chi connectivity index (χ2v) is 5.65. The molecule has 24 heavy (non-hydrogen) atoms. The lowest BCUT2D eigenvalue weighted by molar-refractivity contribution is 0.101. The molecule has 0 spiro atoms. The minimum absolute atomic E-state index is 0.127. The van der Waals surface area contributed by atoms with Crippen LogP contribution >= 0.6 is 0 Å². The number of aromatic nitrogens is 1. The summed E-state index contributed by atoms with van der Waals surface area (Å²) in [4.78, 5) is 16.2. The fourth-order valence-electron chi connectivity index (χ4n) is 2.74. The van der Waals surface area contributed by atoms with Gasteiger partial charge in [0.1, 0.15) is 11.3 Å². The Morgan fingerprint density at radius 3 is 2.54 bits per heavy atom. The highest BCUT2D eigenvalue weighted by Gasteiger charge is 2.16. The molecule has 2 aromatic carbocycles. The zero-order chi connectivity index (χ0) is 17.3. The van der Waals surface area contributed by atoms with E-state index < -0.39 is 0 Å². The molecule has 1 heterocycles. The van der Waals surface area contributed by atoms with Crippen molar-refractivity contribution in [1.29, 1.82) is 0 Å². The Kier molecular flexibility index (Phi) is 4.16. The molecule has 0 saturated heterocycles. The number of ketones is 1. The van der Waals surface area contributed by atoms with Crippen molar-refractivity contribution >= 4 is 22.4 Å². The number of Topliss-reactive ketones (excluding diaryl/α,β-unsaturated/α-hetero) is 1. The number of hydrogen-bond donors (Lipinski definition) is 1. The van der Waals surface area contributed by atoms with Gasteiger partial charge in [-0.1, -0.05) is 12.1 Å². The van der Waals surface area contributed by atoms with Crippen molar-refractivity contribution in [2.45, 2.75) is 13.3 Å². The average Bonchev–Trinajstić information content (AvgIpc) is 2.57. The van der Waals surface area contributed by atoms with Crippen LogP contribution in [0.25, 0.3) is 10.9 Å². The lowest BCUT2D eigenvalue weighted by Crippen LogP contribution is -2.03. The van der Waals surface area contributed by atoms with E-state index in [1.54, 1.807) is 24.4 Å². The van der Waals surface area contributed by atoms with Crippen LogP contribution in [0.1, 0.15) is 28.4 Å². The van der Waals surface area contributed by atoms with E-state index >= 15 is 0 Å². The number of pyridine rings is 1. The molecule has 5 heteroatoms. The highest BCUT2D eigenvalue weighted by molar-refractivity contribution is 6.06. The van der Waals surface area contributed by atoms with Gasteiger partial charge in [0.2, 0.25) is 0 Å². The highest BCUT2D eigenvalue weighted by Crippen LogP contribution is 2.33. The van der Waals surface area contributed by atoms with Crippen molar-refractivity contribution in [3.8, 4) is 5.75 Å². The van der Waals surface area contributed by atoms with Gasteiger partial charge in [-0.2, -0.15) is 0 Å². The topological polar surface area (TPSA) is 65.2 Å². The number of anilines is 1. The molecular weight excluding hydrogens is 307 g/mol. The second-order valence-electron chi connectivity index (χ2n) is 5.65. The van der Waals surface area contributed by atoms with E-state index in [-0.39, 0.29) is 11.6 Å². The van der Waals surface area contributed by atoms with Crippen LogP contribution in [0.15, 0.2) is 42.6 Å². The fraction of sp³-hybridized carbons (Fsp3) is 0.158. The van der Waals surface area contributed by atoms with Crippen LogP contribution in [0, 0.1) is 5.82 Å². The molecule has 0 bridgehead atoms. The molecule has 0 fully saturated rings. The summed E-state index contributed by atoms with van der Waals surface area (Å²) in [6, 6.07) is 9.88. The quantitative estimate of drug-likeness (QED) is 0.586. The van der Waals surface area contributed by atoms with Crippen molar-refractivity contribution in [3.63, 3.8) is 0 Å². The number of ether oxygens (including phenoxy) is 1. The zero-order valence-electron chi connectivity index (χ0n) is 13.5. The van der Waals surface area contributed by atoms with E-state index in [0.29, 0.717) is 28.9 Å². The summed E-state index contributed by atoms with van der Waals surface area (Å²) in [7, 11) is 1.51. The number of benzene rings is 2. The Hall–Kier alpha value is -2.95. The van der Waals surface area contributed by atoms with Gasteiger partial charge in [0, 0.05) is 17.3 Å². The molecule has 0 aliphatic heterocycles. The molecule has 1 aromatic heterocycles. The molecule has 4 nitrogen and oxygen atoms in total. The molecule has 0 saturated carbocycles. The lowest BCUT2D eigenvalue weighted by atomic mass is 10.0. The van der Waals surface area contributed by atoms with E-state index in [2.05, 4.69) is 4.98 Å². The molecule has 0 aliphatic carbocycles. The number of fused-ring (bicyclic) bond motifs is 1. The Labute approximate surface area is 139 Å². The van der Waals surface area contributed by atoms with Crippen LogP contribution in [-0.2, 0) is 6.42 Å². The molecule has 0 aliphatic rings. The molecule has 3 aromatic rings. The van der Waals surface area contributed by atoms with Gasteiger partial charge < -0.3 is 10.5 Å². The standard InChI is InChI=1S/C19H17FN2O2/c1-11(23)15-9-17(21)16-8-13(10-22-18(16)19(15)24-2)7-12-3-5-14(20)6-4-12/h3-6,8-10H,7,21H2,1-2H3. The van der Waals surface area contributed by atoms with Gasteiger partial charge in [-0.15, -0.1) is 0 Å². The molecule has 122 valence electrons. The molecule has 0 radical (unpaired) electrons. The van der Waals surface area contributed by atoms with E-state index in [0.717, 1.165) is 16.5 Å². The Balaban J connectivity index is 2.08. The highest BCUT2D eigenvalue weighted by atomic mass is 19.1. The van der Waals surface area contributed by atoms with Crippen LogP contribution in [0.3, 0.4) is 0 Å². The van der Waals surface area contributed by atoms with Crippen LogP contribution in [0.4, 0.5) is 10.1 Å². The van der Waals surface area contributed by atoms with Crippen molar-refractivity contribution in [2.24, 2.45) is 0 Å². The molecule has 0 unspecified atom stereocenters. The summed E-state index contributed by atoms with van der Waals surface area (Å²) >= 11 is 0. The molecular formula is C19H17FN2O2. The fourth-order valence-corrected chi connectivity index (χ4v) is 2.74. The van der Waals surface area contributed by atoms with E-state index in [9.17, 15) is 9.18 Å². The summed E-state index contributed by atoms with van der Waals surface area (Å²) in [6.07, 6.45) is 2.33. The molecule has 3 rings (SSSR count). The van der Waals surface area contributed by atoms with Crippen LogP contribution < -0.4 is 10.5 Å². The van der Waals surface area contributed by atoms with E-state index in [4.69, 9.17) is 10.5 Å². The smallest absolute Gasteiger partial charge is 0.163 e. The predicted octanol–water partition coefficient (Wildman–Crippen LogP) is 3.76. The normalized spacial score (nSPS) is 10.8. The summed E-state index contributed by atoms with van der Waals surface area (Å²) in [5.41, 5.74) is 9.48. The van der Waals surface area contributed by atoms with Gasteiger partial charge in [0.05, 0.1) is 12.7 Å². The number of rotatable bonds is 4. The third-order valence-corrected chi connectivity index (χ3v) is 3.92. The maximum Gasteiger partial charge on any atom is 0.163 e. The summed E-state index contributed by atoms with van der Waals surface area (Å²) < 4.78 is 18.4. The summed E-state index contributed by atoms with van der Waals surface area (Å²) in [5, 5.41) is 0.733. The number of hydrogen-bond acceptors (Lipinski definition) is 4. The van der Waals surface area contributed by atoms with Crippen molar-refractivity contribution in [3.05, 3.63) is 65.1 Å². The predicted molar refractivity (Wildman–Crippen MR) is 91.9 cm³/mol. The second kappa shape index (κ2) is 6.28.